The van der Waals surface area contributed by atoms with E-state index in [1.54, 1.807) is 12.1 Å². The minimum atomic E-state index is -0.168. The molecular formula is C16H16ClNO3. The lowest BCUT2D eigenvalue weighted by molar-refractivity contribution is 0.174. The van der Waals surface area contributed by atoms with Crippen molar-refractivity contribution in [3.8, 4) is 17.2 Å². The van der Waals surface area contributed by atoms with Crippen molar-refractivity contribution in [2.24, 2.45) is 0 Å². The van der Waals surface area contributed by atoms with Crippen LogP contribution in [0.1, 0.15) is 10.9 Å². The first kappa shape index (κ1) is 13.9. The molecule has 0 radical (unpaired) electrons. The van der Waals surface area contributed by atoms with E-state index in [9.17, 15) is 5.11 Å². The van der Waals surface area contributed by atoms with Crippen LogP contribution in [-0.2, 0) is 0 Å². The lowest BCUT2D eigenvalue weighted by atomic mass is 10.1. The molecule has 1 atom stereocenters. The van der Waals surface area contributed by atoms with Crippen molar-refractivity contribution in [1.29, 1.82) is 0 Å². The SMILES string of the molecule is CN(CC(Cl)c1ccc2c(c1)OCO2)c1ccc(O)cc1. The van der Waals surface area contributed by atoms with E-state index in [-0.39, 0.29) is 17.9 Å². The van der Waals surface area contributed by atoms with Gasteiger partial charge in [0.15, 0.2) is 11.5 Å². The number of phenols is 1. The first-order valence-electron chi connectivity index (χ1n) is 6.67. The summed E-state index contributed by atoms with van der Waals surface area (Å²) in [6.45, 7) is 0.908. The molecule has 2 aromatic rings. The van der Waals surface area contributed by atoms with Crippen molar-refractivity contribution in [3.05, 3.63) is 48.0 Å². The average Bonchev–Trinajstić information content (AvgIpc) is 2.95. The lowest BCUT2D eigenvalue weighted by Gasteiger charge is -2.22. The van der Waals surface area contributed by atoms with Crippen LogP contribution in [0.4, 0.5) is 5.69 Å². The van der Waals surface area contributed by atoms with E-state index in [1.165, 1.54) is 0 Å². The number of likely N-dealkylation sites (N-methyl/N-ethyl adjacent to an activating group) is 1. The van der Waals surface area contributed by atoms with Gasteiger partial charge in [-0.25, -0.2) is 0 Å². The topological polar surface area (TPSA) is 41.9 Å². The van der Waals surface area contributed by atoms with Crippen molar-refractivity contribution in [1.82, 2.24) is 0 Å². The highest BCUT2D eigenvalue weighted by molar-refractivity contribution is 6.21. The van der Waals surface area contributed by atoms with E-state index in [4.69, 9.17) is 21.1 Å². The van der Waals surface area contributed by atoms with Crippen molar-refractivity contribution in [2.45, 2.75) is 5.38 Å². The number of ether oxygens (including phenoxy) is 2. The number of alkyl halides is 1. The molecule has 0 aromatic heterocycles. The largest absolute Gasteiger partial charge is 0.508 e. The Morgan fingerprint density at radius 2 is 1.86 bits per heavy atom. The zero-order chi connectivity index (χ0) is 14.8. The summed E-state index contributed by atoms with van der Waals surface area (Å²) >= 11 is 6.50. The highest BCUT2D eigenvalue weighted by atomic mass is 35.5. The predicted octanol–water partition coefficient (Wildman–Crippen LogP) is 3.54. The summed E-state index contributed by atoms with van der Waals surface area (Å²) in [7, 11) is 1.97. The number of aromatic hydroxyl groups is 1. The maximum absolute atomic E-state index is 9.32. The fourth-order valence-electron chi connectivity index (χ4n) is 2.27. The average molecular weight is 306 g/mol. The highest BCUT2D eigenvalue weighted by Crippen LogP contribution is 2.36. The molecule has 0 aliphatic carbocycles. The fourth-order valence-corrected chi connectivity index (χ4v) is 2.61. The van der Waals surface area contributed by atoms with Crippen LogP contribution in [-0.4, -0.2) is 25.5 Å². The molecule has 0 saturated heterocycles. The maximum atomic E-state index is 9.32. The molecule has 0 fully saturated rings. The molecule has 4 nitrogen and oxygen atoms in total. The van der Waals surface area contributed by atoms with Crippen LogP contribution >= 0.6 is 11.6 Å². The van der Waals surface area contributed by atoms with Crippen molar-refractivity contribution >= 4 is 17.3 Å². The van der Waals surface area contributed by atoms with Crippen LogP contribution in [0, 0.1) is 0 Å². The first-order valence-corrected chi connectivity index (χ1v) is 7.11. The Bertz CT molecular complexity index is 630. The number of phenolic OH excluding ortho intramolecular Hbond substituents is 1. The molecule has 0 amide bonds. The van der Waals surface area contributed by atoms with E-state index < -0.39 is 0 Å². The minimum Gasteiger partial charge on any atom is -0.508 e. The van der Waals surface area contributed by atoms with Crippen molar-refractivity contribution in [3.63, 3.8) is 0 Å². The van der Waals surface area contributed by atoms with Gasteiger partial charge in [-0.05, 0) is 42.0 Å². The third-order valence-electron chi connectivity index (χ3n) is 3.48. The number of anilines is 1. The van der Waals surface area contributed by atoms with Gasteiger partial charge in [-0.3, -0.25) is 0 Å². The second-order valence-corrected chi connectivity index (χ2v) is 5.50. The molecule has 5 heteroatoms. The molecule has 1 N–H and O–H groups in total. The molecule has 1 aliphatic rings. The Morgan fingerprint density at radius 3 is 2.62 bits per heavy atom. The number of hydrogen-bond donors (Lipinski definition) is 1. The van der Waals surface area contributed by atoms with Gasteiger partial charge < -0.3 is 19.5 Å². The number of benzene rings is 2. The summed E-state index contributed by atoms with van der Waals surface area (Å²) < 4.78 is 10.7. The molecule has 0 bridgehead atoms. The van der Waals surface area contributed by atoms with Gasteiger partial charge in [0.25, 0.3) is 0 Å². The number of halogens is 1. The molecule has 21 heavy (non-hydrogen) atoms. The first-order chi connectivity index (χ1) is 10.1. The predicted molar refractivity (Wildman–Crippen MR) is 82.5 cm³/mol. The molecule has 1 unspecified atom stereocenters. The zero-order valence-corrected chi connectivity index (χ0v) is 12.4. The van der Waals surface area contributed by atoms with Crippen LogP contribution in [0.2, 0.25) is 0 Å². The molecule has 110 valence electrons. The Morgan fingerprint density at radius 1 is 1.14 bits per heavy atom. The molecular weight excluding hydrogens is 290 g/mol. The van der Waals surface area contributed by atoms with E-state index in [1.807, 2.05) is 42.3 Å². The maximum Gasteiger partial charge on any atom is 0.231 e. The third kappa shape index (κ3) is 3.00. The fraction of sp³-hybridized carbons (Fsp3) is 0.250. The summed E-state index contributed by atoms with van der Waals surface area (Å²) in [6, 6.07) is 12.8. The van der Waals surface area contributed by atoms with Gasteiger partial charge in [-0.15, -0.1) is 11.6 Å². The lowest BCUT2D eigenvalue weighted by Crippen LogP contribution is -2.21. The zero-order valence-electron chi connectivity index (χ0n) is 11.6. The second-order valence-electron chi connectivity index (χ2n) is 4.98. The van der Waals surface area contributed by atoms with Gasteiger partial charge in [0, 0.05) is 19.3 Å². The van der Waals surface area contributed by atoms with Crippen LogP contribution in [0.15, 0.2) is 42.5 Å². The normalized spacial score (nSPS) is 14.0. The molecule has 2 aromatic carbocycles. The van der Waals surface area contributed by atoms with E-state index in [0.717, 1.165) is 22.7 Å². The number of nitrogens with zero attached hydrogens (tertiary/aromatic N) is 1. The van der Waals surface area contributed by atoms with Crippen LogP contribution in [0.5, 0.6) is 17.2 Å². The smallest absolute Gasteiger partial charge is 0.231 e. The van der Waals surface area contributed by atoms with Crippen LogP contribution < -0.4 is 14.4 Å². The summed E-state index contributed by atoms with van der Waals surface area (Å²) in [5, 5.41) is 9.15. The Labute approximate surface area is 128 Å². The van der Waals surface area contributed by atoms with Crippen LogP contribution in [0.25, 0.3) is 0 Å². The van der Waals surface area contributed by atoms with Gasteiger partial charge in [0.1, 0.15) is 5.75 Å². The van der Waals surface area contributed by atoms with Crippen molar-refractivity contribution in [2.75, 3.05) is 25.3 Å². The van der Waals surface area contributed by atoms with Gasteiger partial charge in [-0.2, -0.15) is 0 Å². The molecule has 3 rings (SSSR count). The minimum absolute atomic E-state index is 0.168. The summed E-state index contributed by atoms with van der Waals surface area (Å²) in [5.74, 6) is 1.75. The van der Waals surface area contributed by atoms with E-state index in [2.05, 4.69) is 0 Å². The molecule has 0 saturated carbocycles. The van der Waals surface area contributed by atoms with E-state index >= 15 is 0 Å². The highest BCUT2D eigenvalue weighted by Gasteiger charge is 2.18. The summed E-state index contributed by atoms with van der Waals surface area (Å²) in [5.41, 5.74) is 1.99. The summed E-state index contributed by atoms with van der Waals surface area (Å²) in [6.07, 6.45) is 0. The summed E-state index contributed by atoms with van der Waals surface area (Å²) in [4.78, 5) is 2.04. The van der Waals surface area contributed by atoms with Gasteiger partial charge in [-0.1, -0.05) is 6.07 Å². The Hall–Kier alpha value is -2.07. The molecule has 1 aliphatic heterocycles. The van der Waals surface area contributed by atoms with Gasteiger partial charge >= 0.3 is 0 Å². The van der Waals surface area contributed by atoms with Crippen LogP contribution in [0.3, 0.4) is 0 Å². The van der Waals surface area contributed by atoms with Crippen molar-refractivity contribution < 1.29 is 14.6 Å². The molecule has 1 heterocycles. The monoisotopic (exact) mass is 305 g/mol. The quantitative estimate of drug-likeness (QED) is 0.877. The number of hydrogen-bond acceptors (Lipinski definition) is 4. The Kier molecular flexibility index (Phi) is 3.80. The standard InChI is InChI=1S/C16H16ClNO3/c1-18(12-3-5-13(19)6-4-12)9-14(17)11-2-7-15-16(8-11)21-10-20-15/h2-8,14,19H,9-10H2,1H3. The second kappa shape index (κ2) is 5.74. The Balaban J connectivity index is 1.70. The molecule has 0 spiro atoms. The number of rotatable bonds is 4. The van der Waals surface area contributed by atoms with Gasteiger partial charge in [0.05, 0.1) is 5.38 Å². The van der Waals surface area contributed by atoms with E-state index in [0.29, 0.717) is 6.54 Å². The third-order valence-corrected chi connectivity index (χ3v) is 3.87. The number of fused-ring (bicyclic) bond motifs is 1. The van der Waals surface area contributed by atoms with Gasteiger partial charge in [0.2, 0.25) is 6.79 Å².